The van der Waals surface area contributed by atoms with Crippen LogP contribution in [0, 0.1) is 5.92 Å². The van der Waals surface area contributed by atoms with Crippen molar-refractivity contribution in [3.63, 3.8) is 0 Å². The van der Waals surface area contributed by atoms with Crippen LogP contribution < -0.4 is 11.1 Å². The molecule has 0 bridgehead atoms. The first kappa shape index (κ1) is 16.0. The third kappa shape index (κ3) is 4.21. The number of anilines is 1. The minimum absolute atomic E-state index is 0.213. The molecule has 1 aromatic carbocycles. The van der Waals surface area contributed by atoms with Crippen molar-refractivity contribution in [2.24, 2.45) is 5.92 Å². The molecule has 0 aliphatic rings. The van der Waals surface area contributed by atoms with Crippen LogP contribution in [0.25, 0.3) is 0 Å². The van der Waals surface area contributed by atoms with E-state index in [1.54, 1.807) is 18.2 Å². The Balaban J connectivity index is 2.63. The summed E-state index contributed by atoms with van der Waals surface area (Å²) in [6.45, 7) is 4.33. The third-order valence-electron chi connectivity index (χ3n) is 3.34. The largest absolute Gasteiger partial charge is 0.398 e. The van der Waals surface area contributed by atoms with Gasteiger partial charge in [0.25, 0.3) is 5.91 Å². The van der Waals surface area contributed by atoms with E-state index in [0.29, 0.717) is 15.7 Å². The number of carbonyl (C=O) groups is 1. The fourth-order valence-corrected chi connectivity index (χ4v) is 2.46. The fourth-order valence-electron chi connectivity index (χ4n) is 2.02. The maximum Gasteiger partial charge on any atom is 0.252 e. The van der Waals surface area contributed by atoms with Gasteiger partial charge in [0.05, 0.1) is 16.1 Å². The molecule has 0 aliphatic heterocycles. The zero-order chi connectivity index (χ0) is 14.4. The minimum Gasteiger partial charge on any atom is -0.398 e. The molecule has 1 atom stereocenters. The van der Waals surface area contributed by atoms with E-state index in [4.69, 9.17) is 5.73 Å². The molecule has 1 unspecified atom stereocenters. The molecule has 19 heavy (non-hydrogen) atoms. The highest BCUT2D eigenvalue weighted by atomic mass is 79.9. The van der Waals surface area contributed by atoms with Crippen molar-refractivity contribution in [3.05, 3.63) is 28.2 Å². The summed E-state index contributed by atoms with van der Waals surface area (Å²) in [5.41, 5.74) is 6.73. The van der Waals surface area contributed by atoms with Crippen LogP contribution in [0.1, 0.15) is 37.0 Å². The normalized spacial score (nSPS) is 12.5. The number of hydrogen-bond acceptors (Lipinski definition) is 3. The molecule has 4 nitrogen and oxygen atoms in total. The van der Waals surface area contributed by atoms with E-state index in [1.165, 1.54) is 0 Å². The first-order valence-corrected chi connectivity index (χ1v) is 7.30. The lowest BCUT2D eigenvalue weighted by Gasteiger charge is -2.20. The quantitative estimate of drug-likeness (QED) is 0.702. The summed E-state index contributed by atoms with van der Waals surface area (Å²) in [4.78, 5) is 12.0. The Morgan fingerprint density at radius 1 is 1.42 bits per heavy atom. The number of nitrogens with two attached hydrogens (primary N) is 1. The van der Waals surface area contributed by atoms with Crippen LogP contribution in [0.15, 0.2) is 22.7 Å². The van der Waals surface area contributed by atoms with Crippen LogP contribution in [-0.4, -0.2) is 23.7 Å². The van der Waals surface area contributed by atoms with Crippen LogP contribution in [0.3, 0.4) is 0 Å². The van der Waals surface area contributed by atoms with Gasteiger partial charge in [-0.15, -0.1) is 0 Å². The molecule has 1 rings (SSSR count). The van der Waals surface area contributed by atoms with E-state index in [-0.39, 0.29) is 18.4 Å². The number of aliphatic hydroxyl groups is 1. The van der Waals surface area contributed by atoms with Gasteiger partial charge in [-0.2, -0.15) is 0 Å². The van der Waals surface area contributed by atoms with Crippen LogP contribution in [0.5, 0.6) is 0 Å². The van der Waals surface area contributed by atoms with Gasteiger partial charge in [0.2, 0.25) is 0 Å². The highest BCUT2D eigenvalue weighted by Gasteiger charge is 2.17. The molecule has 4 N–H and O–H groups in total. The second-order valence-corrected chi connectivity index (χ2v) is 5.36. The van der Waals surface area contributed by atoms with E-state index >= 15 is 0 Å². The standard InChI is InChI=1S/C14H21BrN2O2/c1-3-9(4-2)12(18)8-17-14(19)10-6-5-7-11(16)13(10)15/h5-7,9,12,18H,3-4,8,16H2,1-2H3,(H,17,19). The summed E-state index contributed by atoms with van der Waals surface area (Å²) in [6.07, 6.45) is 1.28. The van der Waals surface area contributed by atoms with Gasteiger partial charge in [-0.3, -0.25) is 4.79 Å². The number of nitrogen functional groups attached to an aromatic ring is 1. The van der Waals surface area contributed by atoms with Crippen molar-refractivity contribution >= 4 is 27.5 Å². The average Bonchev–Trinajstić information content (AvgIpc) is 2.40. The lowest BCUT2D eigenvalue weighted by molar-refractivity contribution is 0.0816. The molecule has 1 aromatic rings. The smallest absolute Gasteiger partial charge is 0.252 e. The Bertz CT molecular complexity index is 433. The number of aliphatic hydroxyl groups excluding tert-OH is 1. The molecular weight excluding hydrogens is 308 g/mol. The molecule has 0 spiro atoms. The number of rotatable bonds is 6. The van der Waals surface area contributed by atoms with Crippen LogP contribution >= 0.6 is 15.9 Å². The molecule has 0 heterocycles. The van der Waals surface area contributed by atoms with E-state index < -0.39 is 6.10 Å². The second-order valence-electron chi connectivity index (χ2n) is 4.56. The number of halogens is 1. The van der Waals surface area contributed by atoms with Gasteiger partial charge in [0.1, 0.15) is 0 Å². The molecule has 0 radical (unpaired) electrons. The third-order valence-corrected chi connectivity index (χ3v) is 4.22. The first-order valence-electron chi connectivity index (χ1n) is 6.51. The maximum atomic E-state index is 12.0. The highest BCUT2D eigenvalue weighted by molar-refractivity contribution is 9.10. The van der Waals surface area contributed by atoms with Crippen molar-refractivity contribution < 1.29 is 9.90 Å². The molecule has 0 saturated heterocycles. The lowest BCUT2D eigenvalue weighted by atomic mass is 9.96. The van der Waals surface area contributed by atoms with Gasteiger partial charge in [0.15, 0.2) is 0 Å². The summed E-state index contributed by atoms with van der Waals surface area (Å²) in [7, 11) is 0. The lowest BCUT2D eigenvalue weighted by Crippen LogP contribution is -2.36. The van der Waals surface area contributed by atoms with Gasteiger partial charge in [-0.25, -0.2) is 0 Å². The maximum absolute atomic E-state index is 12.0. The number of nitrogens with one attached hydrogen (secondary N) is 1. The number of carbonyl (C=O) groups excluding carboxylic acids is 1. The van der Waals surface area contributed by atoms with Crippen molar-refractivity contribution in [1.82, 2.24) is 5.32 Å². The Kier molecular flexibility index (Phi) is 6.31. The number of benzene rings is 1. The van der Waals surface area contributed by atoms with E-state index in [9.17, 15) is 9.90 Å². The number of hydrogen-bond donors (Lipinski definition) is 3. The van der Waals surface area contributed by atoms with Gasteiger partial charge < -0.3 is 16.2 Å². The summed E-state index contributed by atoms with van der Waals surface area (Å²) in [6, 6.07) is 5.14. The number of amides is 1. The zero-order valence-electron chi connectivity index (χ0n) is 11.3. The molecule has 5 heteroatoms. The first-order chi connectivity index (χ1) is 9.01. The molecule has 0 saturated carbocycles. The van der Waals surface area contributed by atoms with Crippen molar-refractivity contribution in [3.8, 4) is 0 Å². The summed E-state index contributed by atoms with van der Waals surface area (Å²) >= 11 is 3.30. The van der Waals surface area contributed by atoms with Gasteiger partial charge in [-0.1, -0.05) is 32.8 Å². The van der Waals surface area contributed by atoms with Gasteiger partial charge in [0, 0.05) is 12.2 Å². The Hall–Kier alpha value is -1.07. The van der Waals surface area contributed by atoms with Gasteiger partial charge >= 0.3 is 0 Å². The second kappa shape index (κ2) is 7.50. The van der Waals surface area contributed by atoms with E-state index in [2.05, 4.69) is 21.2 Å². The summed E-state index contributed by atoms with van der Waals surface area (Å²) in [5.74, 6) is -0.0197. The van der Waals surface area contributed by atoms with Crippen molar-refractivity contribution in [2.75, 3.05) is 12.3 Å². The monoisotopic (exact) mass is 328 g/mol. The SMILES string of the molecule is CCC(CC)C(O)CNC(=O)c1cccc(N)c1Br. The Labute approximate surface area is 122 Å². The predicted molar refractivity (Wildman–Crippen MR) is 81.0 cm³/mol. The summed E-state index contributed by atoms with van der Waals surface area (Å²) < 4.78 is 0.588. The fraction of sp³-hybridized carbons (Fsp3) is 0.500. The summed E-state index contributed by atoms with van der Waals surface area (Å²) in [5, 5.41) is 12.7. The highest BCUT2D eigenvalue weighted by Crippen LogP contribution is 2.23. The Morgan fingerprint density at radius 3 is 2.63 bits per heavy atom. The molecule has 1 amide bonds. The molecular formula is C14H21BrN2O2. The Morgan fingerprint density at radius 2 is 2.05 bits per heavy atom. The van der Waals surface area contributed by atoms with E-state index in [0.717, 1.165) is 12.8 Å². The van der Waals surface area contributed by atoms with Crippen LogP contribution in [0.4, 0.5) is 5.69 Å². The topological polar surface area (TPSA) is 75.3 Å². The molecule has 0 aliphatic carbocycles. The minimum atomic E-state index is -0.515. The predicted octanol–water partition coefficient (Wildman–Crippen LogP) is 2.56. The average molecular weight is 329 g/mol. The van der Waals surface area contributed by atoms with Gasteiger partial charge in [-0.05, 0) is 34.0 Å². The molecule has 106 valence electrons. The van der Waals surface area contributed by atoms with Crippen molar-refractivity contribution in [1.29, 1.82) is 0 Å². The van der Waals surface area contributed by atoms with Crippen LogP contribution in [-0.2, 0) is 0 Å². The van der Waals surface area contributed by atoms with E-state index in [1.807, 2.05) is 13.8 Å². The van der Waals surface area contributed by atoms with Crippen molar-refractivity contribution in [2.45, 2.75) is 32.8 Å². The molecule has 0 aromatic heterocycles. The molecule has 0 fully saturated rings. The van der Waals surface area contributed by atoms with Crippen LogP contribution in [0.2, 0.25) is 0 Å². The zero-order valence-corrected chi connectivity index (χ0v) is 12.9.